The van der Waals surface area contributed by atoms with Gasteiger partial charge in [0.2, 0.25) is 0 Å². The molecule has 1 aliphatic heterocycles. The number of aromatic hydroxyl groups is 1. The van der Waals surface area contributed by atoms with E-state index in [-0.39, 0.29) is 23.3 Å². The summed E-state index contributed by atoms with van der Waals surface area (Å²) in [4.78, 5) is 27.4. The van der Waals surface area contributed by atoms with E-state index < -0.39 is 5.56 Å². The molecule has 1 amide bonds. The standard InChI is InChI=1S/C13H17N3O3/c14-10-6-16(5-9(10)7-1-2-7)13(19)8-4-15-12(18)3-11(8)17/h3-4,7,9-10H,1-2,5-6,14H2,(H2,15,17,18)/t9-,10+/m1/s1. The third kappa shape index (κ3) is 2.23. The minimum absolute atomic E-state index is 0.0151. The van der Waals surface area contributed by atoms with Gasteiger partial charge in [0, 0.05) is 31.4 Å². The van der Waals surface area contributed by atoms with Gasteiger partial charge in [-0.2, -0.15) is 0 Å². The van der Waals surface area contributed by atoms with Crippen LogP contribution in [0, 0.1) is 11.8 Å². The van der Waals surface area contributed by atoms with Crippen molar-refractivity contribution in [3.05, 3.63) is 28.2 Å². The monoisotopic (exact) mass is 263 g/mol. The molecule has 19 heavy (non-hydrogen) atoms. The smallest absolute Gasteiger partial charge is 0.259 e. The highest BCUT2D eigenvalue weighted by atomic mass is 16.3. The predicted molar refractivity (Wildman–Crippen MR) is 68.8 cm³/mol. The molecular weight excluding hydrogens is 246 g/mol. The lowest BCUT2D eigenvalue weighted by Gasteiger charge is -2.16. The number of amides is 1. The van der Waals surface area contributed by atoms with Gasteiger partial charge in [-0.3, -0.25) is 9.59 Å². The Kier molecular flexibility index (Phi) is 2.82. The lowest BCUT2D eigenvalue weighted by atomic mass is 9.99. The number of aromatic nitrogens is 1. The first-order chi connectivity index (χ1) is 9.06. The number of hydrogen-bond acceptors (Lipinski definition) is 4. The Morgan fingerprint density at radius 2 is 2.16 bits per heavy atom. The summed E-state index contributed by atoms with van der Waals surface area (Å²) in [5, 5.41) is 9.68. The van der Waals surface area contributed by atoms with Gasteiger partial charge in [-0.05, 0) is 24.7 Å². The van der Waals surface area contributed by atoms with Gasteiger partial charge in [0.15, 0.2) is 0 Å². The summed E-state index contributed by atoms with van der Waals surface area (Å²) in [5.41, 5.74) is 5.77. The number of nitrogens with zero attached hydrogens (tertiary/aromatic N) is 1. The molecule has 2 aliphatic rings. The van der Waals surface area contributed by atoms with Crippen LogP contribution in [-0.2, 0) is 0 Å². The maximum absolute atomic E-state index is 12.3. The number of pyridine rings is 1. The summed E-state index contributed by atoms with van der Waals surface area (Å²) in [5.74, 6) is 0.468. The summed E-state index contributed by atoms with van der Waals surface area (Å²) in [7, 11) is 0. The first-order valence-electron chi connectivity index (χ1n) is 6.53. The first-order valence-corrected chi connectivity index (χ1v) is 6.53. The zero-order valence-electron chi connectivity index (χ0n) is 10.5. The molecule has 0 unspecified atom stereocenters. The molecule has 3 rings (SSSR count). The Morgan fingerprint density at radius 1 is 1.42 bits per heavy atom. The third-order valence-corrected chi connectivity index (χ3v) is 4.06. The van der Waals surface area contributed by atoms with Gasteiger partial charge in [-0.25, -0.2) is 0 Å². The van der Waals surface area contributed by atoms with Crippen molar-refractivity contribution < 1.29 is 9.90 Å². The van der Waals surface area contributed by atoms with Crippen LogP contribution in [0.3, 0.4) is 0 Å². The highest BCUT2D eigenvalue weighted by molar-refractivity contribution is 5.96. The predicted octanol–water partition coefficient (Wildman–Crippen LogP) is -0.110. The topological polar surface area (TPSA) is 99.4 Å². The van der Waals surface area contributed by atoms with Crippen LogP contribution in [0.1, 0.15) is 23.2 Å². The number of carbonyl (C=O) groups is 1. The molecule has 0 radical (unpaired) electrons. The van der Waals surface area contributed by atoms with Crippen LogP contribution < -0.4 is 11.3 Å². The molecule has 2 heterocycles. The molecule has 1 aliphatic carbocycles. The van der Waals surface area contributed by atoms with E-state index in [0.717, 1.165) is 6.07 Å². The zero-order chi connectivity index (χ0) is 13.6. The van der Waals surface area contributed by atoms with E-state index in [0.29, 0.717) is 24.9 Å². The molecule has 6 nitrogen and oxygen atoms in total. The van der Waals surface area contributed by atoms with Crippen molar-refractivity contribution in [3.63, 3.8) is 0 Å². The zero-order valence-corrected chi connectivity index (χ0v) is 10.5. The van der Waals surface area contributed by atoms with Gasteiger partial charge in [0.05, 0.1) is 5.56 Å². The van der Waals surface area contributed by atoms with E-state index in [9.17, 15) is 14.7 Å². The number of carbonyl (C=O) groups excluding carboxylic acids is 1. The number of nitrogens with two attached hydrogens (primary N) is 1. The van der Waals surface area contributed by atoms with E-state index in [1.165, 1.54) is 19.0 Å². The quantitative estimate of drug-likeness (QED) is 0.693. The second-order valence-electron chi connectivity index (χ2n) is 5.47. The van der Waals surface area contributed by atoms with Crippen LogP contribution in [0.25, 0.3) is 0 Å². The molecule has 102 valence electrons. The molecule has 0 bridgehead atoms. The average Bonchev–Trinajstić information content (AvgIpc) is 3.12. The fourth-order valence-electron chi connectivity index (χ4n) is 2.85. The second kappa shape index (κ2) is 4.38. The minimum atomic E-state index is -0.428. The summed E-state index contributed by atoms with van der Waals surface area (Å²) >= 11 is 0. The normalized spacial score (nSPS) is 26.7. The van der Waals surface area contributed by atoms with Gasteiger partial charge in [-0.15, -0.1) is 0 Å². The summed E-state index contributed by atoms with van der Waals surface area (Å²) in [6.45, 7) is 1.15. The van der Waals surface area contributed by atoms with Gasteiger partial charge in [0.1, 0.15) is 5.75 Å². The number of aromatic amines is 1. The third-order valence-electron chi connectivity index (χ3n) is 4.06. The molecular formula is C13H17N3O3. The largest absolute Gasteiger partial charge is 0.507 e. The lowest BCUT2D eigenvalue weighted by Crippen LogP contribution is -2.32. The van der Waals surface area contributed by atoms with Crippen molar-refractivity contribution >= 4 is 5.91 Å². The van der Waals surface area contributed by atoms with E-state index in [1.54, 1.807) is 4.90 Å². The lowest BCUT2D eigenvalue weighted by molar-refractivity contribution is 0.0781. The van der Waals surface area contributed by atoms with Crippen LogP contribution in [0.2, 0.25) is 0 Å². The summed E-state index contributed by atoms with van der Waals surface area (Å²) in [6.07, 6.45) is 3.66. The van der Waals surface area contributed by atoms with Crippen molar-refractivity contribution in [1.82, 2.24) is 9.88 Å². The highest BCUT2D eigenvalue weighted by Crippen LogP contribution is 2.41. The van der Waals surface area contributed by atoms with Crippen LogP contribution in [0.4, 0.5) is 0 Å². The number of nitrogens with one attached hydrogen (secondary N) is 1. The molecule has 1 aromatic rings. The number of likely N-dealkylation sites (tertiary alicyclic amines) is 1. The Labute approximate surface area is 110 Å². The van der Waals surface area contributed by atoms with Crippen molar-refractivity contribution in [2.45, 2.75) is 18.9 Å². The fourth-order valence-corrected chi connectivity index (χ4v) is 2.85. The molecule has 0 aromatic carbocycles. The van der Waals surface area contributed by atoms with E-state index >= 15 is 0 Å². The van der Waals surface area contributed by atoms with Crippen molar-refractivity contribution in [2.24, 2.45) is 17.6 Å². The molecule has 1 saturated carbocycles. The van der Waals surface area contributed by atoms with Crippen molar-refractivity contribution in [1.29, 1.82) is 0 Å². The molecule has 6 heteroatoms. The molecule has 2 atom stereocenters. The van der Waals surface area contributed by atoms with Crippen molar-refractivity contribution in [3.8, 4) is 5.75 Å². The minimum Gasteiger partial charge on any atom is -0.507 e. The first kappa shape index (κ1) is 12.2. The Bertz CT molecular complexity index is 564. The fraction of sp³-hybridized carbons (Fsp3) is 0.538. The summed E-state index contributed by atoms with van der Waals surface area (Å²) < 4.78 is 0. The maximum atomic E-state index is 12.3. The maximum Gasteiger partial charge on any atom is 0.259 e. The summed E-state index contributed by atoms with van der Waals surface area (Å²) in [6, 6.07) is 1.03. The van der Waals surface area contributed by atoms with E-state index in [2.05, 4.69) is 4.98 Å². The van der Waals surface area contributed by atoms with Crippen LogP contribution in [0.5, 0.6) is 5.75 Å². The van der Waals surface area contributed by atoms with Crippen LogP contribution in [-0.4, -0.2) is 40.0 Å². The number of rotatable bonds is 2. The van der Waals surface area contributed by atoms with E-state index in [4.69, 9.17) is 5.73 Å². The van der Waals surface area contributed by atoms with Crippen LogP contribution >= 0.6 is 0 Å². The number of H-pyrrole nitrogens is 1. The number of hydrogen-bond donors (Lipinski definition) is 3. The molecule has 4 N–H and O–H groups in total. The molecule has 0 spiro atoms. The van der Waals surface area contributed by atoms with Gasteiger partial charge in [0.25, 0.3) is 11.5 Å². The van der Waals surface area contributed by atoms with Crippen LogP contribution in [0.15, 0.2) is 17.1 Å². The Hall–Kier alpha value is -1.82. The van der Waals surface area contributed by atoms with Gasteiger partial charge < -0.3 is 20.7 Å². The second-order valence-corrected chi connectivity index (χ2v) is 5.47. The molecule has 1 aromatic heterocycles. The van der Waals surface area contributed by atoms with Gasteiger partial charge in [-0.1, -0.05) is 0 Å². The molecule has 1 saturated heterocycles. The Morgan fingerprint density at radius 3 is 2.79 bits per heavy atom. The van der Waals surface area contributed by atoms with Gasteiger partial charge >= 0.3 is 0 Å². The SMILES string of the molecule is N[C@H]1CN(C(=O)c2c[nH]c(=O)cc2O)C[C@@H]1C1CC1. The average molecular weight is 263 g/mol. The van der Waals surface area contributed by atoms with E-state index in [1.807, 2.05) is 0 Å². The Balaban J connectivity index is 1.79. The highest BCUT2D eigenvalue weighted by Gasteiger charge is 2.42. The van der Waals surface area contributed by atoms with Crippen molar-refractivity contribution in [2.75, 3.05) is 13.1 Å². The molecule has 2 fully saturated rings.